The summed E-state index contributed by atoms with van der Waals surface area (Å²) in [6.45, 7) is 2.50. The number of nitrogens with zero attached hydrogens (tertiary/aromatic N) is 1. The van der Waals surface area contributed by atoms with Gasteiger partial charge in [-0.25, -0.2) is 0 Å². The Hall–Kier alpha value is -0.650. The standard InChI is InChI=1S/C15H22ClNO3/c1-19-14-9-17(10-15(14)20-2)7-6-13(18)11-4-3-5-12(16)8-11/h3-5,8,13-15,18H,6-7,9-10H2,1-2H3. The van der Waals surface area contributed by atoms with Crippen molar-refractivity contribution in [2.45, 2.75) is 24.7 Å². The van der Waals surface area contributed by atoms with Crippen molar-refractivity contribution >= 4 is 11.6 Å². The first-order chi connectivity index (χ1) is 9.63. The average molecular weight is 300 g/mol. The summed E-state index contributed by atoms with van der Waals surface area (Å²) in [7, 11) is 3.42. The van der Waals surface area contributed by atoms with E-state index in [0.717, 1.165) is 25.2 Å². The van der Waals surface area contributed by atoms with Crippen molar-refractivity contribution in [1.29, 1.82) is 0 Å². The van der Waals surface area contributed by atoms with E-state index in [9.17, 15) is 5.11 Å². The zero-order valence-corrected chi connectivity index (χ0v) is 12.7. The Morgan fingerprint density at radius 3 is 2.50 bits per heavy atom. The number of likely N-dealkylation sites (tertiary alicyclic amines) is 1. The minimum absolute atomic E-state index is 0.114. The molecule has 1 aliphatic heterocycles. The molecule has 1 fully saturated rings. The molecule has 1 N–H and O–H groups in total. The summed E-state index contributed by atoms with van der Waals surface area (Å²) in [5.41, 5.74) is 0.864. The summed E-state index contributed by atoms with van der Waals surface area (Å²) >= 11 is 5.94. The number of aliphatic hydroxyl groups excluding tert-OH is 1. The van der Waals surface area contributed by atoms with Crippen molar-refractivity contribution in [2.24, 2.45) is 0 Å². The van der Waals surface area contributed by atoms with Gasteiger partial charge < -0.3 is 14.6 Å². The maximum atomic E-state index is 10.2. The van der Waals surface area contributed by atoms with Gasteiger partial charge in [0.1, 0.15) is 0 Å². The molecule has 0 bridgehead atoms. The summed E-state index contributed by atoms with van der Waals surface area (Å²) in [5.74, 6) is 0. The molecule has 3 unspecified atom stereocenters. The molecule has 0 radical (unpaired) electrons. The van der Waals surface area contributed by atoms with Crippen molar-refractivity contribution < 1.29 is 14.6 Å². The van der Waals surface area contributed by atoms with E-state index >= 15 is 0 Å². The number of hydrogen-bond acceptors (Lipinski definition) is 4. The molecule has 0 saturated carbocycles. The zero-order valence-electron chi connectivity index (χ0n) is 12.0. The maximum Gasteiger partial charge on any atom is 0.0971 e. The lowest BCUT2D eigenvalue weighted by molar-refractivity contribution is -0.00461. The summed E-state index contributed by atoms with van der Waals surface area (Å²) in [6.07, 6.45) is 0.413. The van der Waals surface area contributed by atoms with Gasteiger partial charge >= 0.3 is 0 Å². The Kier molecular flexibility index (Phi) is 5.81. The minimum atomic E-state index is -0.490. The predicted octanol–water partition coefficient (Wildman–Crippen LogP) is 2.11. The monoisotopic (exact) mass is 299 g/mol. The fourth-order valence-corrected chi connectivity index (χ4v) is 2.84. The molecule has 1 heterocycles. The topological polar surface area (TPSA) is 41.9 Å². The lowest BCUT2D eigenvalue weighted by atomic mass is 10.1. The molecule has 0 spiro atoms. The van der Waals surface area contributed by atoms with Crippen LogP contribution in [0.3, 0.4) is 0 Å². The third-order valence-electron chi connectivity index (χ3n) is 3.85. The normalized spacial score (nSPS) is 25.0. The van der Waals surface area contributed by atoms with Crippen LogP contribution in [-0.2, 0) is 9.47 Å². The summed E-state index contributed by atoms with van der Waals surface area (Å²) in [6, 6.07) is 7.38. The molecule has 0 aromatic heterocycles. The second-order valence-corrected chi connectivity index (χ2v) is 5.60. The van der Waals surface area contributed by atoms with Gasteiger partial charge in [0, 0.05) is 38.9 Å². The molecular formula is C15H22ClNO3. The number of benzene rings is 1. The van der Waals surface area contributed by atoms with Crippen molar-refractivity contribution in [2.75, 3.05) is 33.9 Å². The van der Waals surface area contributed by atoms with Crippen molar-refractivity contribution in [3.8, 4) is 0 Å². The second-order valence-electron chi connectivity index (χ2n) is 5.17. The van der Waals surface area contributed by atoms with Gasteiger partial charge in [-0.3, -0.25) is 4.90 Å². The summed E-state index contributed by atoms with van der Waals surface area (Å²) in [5, 5.41) is 10.9. The van der Waals surface area contributed by atoms with Gasteiger partial charge in [0.15, 0.2) is 0 Å². The SMILES string of the molecule is COC1CN(CCC(O)c2cccc(Cl)c2)CC1OC. The van der Waals surface area contributed by atoms with E-state index in [1.165, 1.54) is 0 Å². The zero-order chi connectivity index (χ0) is 14.5. The molecule has 1 aromatic carbocycles. The number of halogens is 1. The van der Waals surface area contributed by atoms with Gasteiger partial charge in [0.2, 0.25) is 0 Å². The molecule has 112 valence electrons. The molecule has 0 aliphatic carbocycles. The van der Waals surface area contributed by atoms with Gasteiger partial charge in [-0.15, -0.1) is 0 Å². The first-order valence-electron chi connectivity index (χ1n) is 6.85. The Morgan fingerprint density at radius 1 is 1.30 bits per heavy atom. The lowest BCUT2D eigenvalue weighted by Gasteiger charge is -2.18. The van der Waals surface area contributed by atoms with E-state index in [1.807, 2.05) is 24.3 Å². The van der Waals surface area contributed by atoms with Crippen LogP contribution in [-0.4, -0.2) is 56.1 Å². The number of hydrogen-bond donors (Lipinski definition) is 1. The maximum absolute atomic E-state index is 10.2. The van der Waals surface area contributed by atoms with Crippen LogP contribution in [0.1, 0.15) is 18.1 Å². The Bertz CT molecular complexity index is 417. The van der Waals surface area contributed by atoms with Crippen LogP contribution in [0.2, 0.25) is 5.02 Å². The molecule has 1 aliphatic rings. The third-order valence-corrected chi connectivity index (χ3v) is 4.08. The highest BCUT2D eigenvalue weighted by molar-refractivity contribution is 6.30. The van der Waals surface area contributed by atoms with Gasteiger partial charge in [-0.2, -0.15) is 0 Å². The first-order valence-corrected chi connectivity index (χ1v) is 7.23. The van der Waals surface area contributed by atoms with Crippen LogP contribution >= 0.6 is 11.6 Å². The molecule has 5 heteroatoms. The van der Waals surface area contributed by atoms with E-state index in [1.54, 1.807) is 14.2 Å². The molecule has 2 rings (SSSR count). The number of ether oxygens (including phenoxy) is 2. The first kappa shape index (κ1) is 15.7. The smallest absolute Gasteiger partial charge is 0.0971 e. The third kappa shape index (κ3) is 3.93. The molecule has 4 nitrogen and oxygen atoms in total. The lowest BCUT2D eigenvalue weighted by Crippen LogP contribution is -2.27. The van der Waals surface area contributed by atoms with E-state index in [4.69, 9.17) is 21.1 Å². The molecule has 1 aromatic rings. The van der Waals surface area contributed by atoms with Crippen molar-refractivity contribution in [1.82, 2.24) is 4.90 Å². The highest BCUT2D eigenvalue weighted by Gasteiger charge is 2.32. The van der Waals surface area contributed by atoms with Gasteiger partial charge in [0.25, 0.3) is 0 Å². The van der Waals surface area contributed by atoms with Crippen LogP contribution in [0, 0.1) is 0 Å². The van der Waals surface area contributed by atoms with E-state index in [2.05, 4.69) is 4.90 Å². The molecule has 20 heavy (non-hydrogen) atoms. The molecular weight excluding hydrogens is 278 g/mol. The summed E-state index contributed by atoms with van der Waals surface area (Å²) < 4.78 is 10.8. The fourth-order valence-electron chi connectivity index (χ4n) is 2.64. The van der Waals surface area contributed by atoms with Crippen LogP contribution in [0.4, 0.5) is 0 Å². The fraction of sp³-hybridized carbons (Fsp3) is 0.600. The number of methoxy groups -OCH3 is 2. The molecule has 3 atom stereocenters. The Morgan fingerprint density at radius 2 is 1.95 bits per heavy atom. The minimum Gasteiger partial charge on any atom is -0.388 e. The van der Waals surface area contributed by atoms with Crippen molar-refractivity contribution in [3.63, 3.8) is 0 Å². The van der Waals surface area contributed by atoms with Gasteiger partial charge in [0.05, 0.1) is 18.3 Å². The van der Waals surface area contributed by atoms with Crippen LogP contribution < -0.4 is 0 Å². The van der Waals surface area contributed by atoms with Gasteiger partial charge in [-0.1, -0.05) is 23.7 Å². The Labute approximate surface area is 125 Å². The quantitative estimate of drug-likeness (QED) is 0.873. The highest BCUT2D eigenvalue weighted by atomic mass is 35.5. The van der Waals surface area contributed by atoms with Crippen LogP contribution in [0.25, 0.3) is 0 Å². The molecule has 0 amide bonds. The van der Waals surface area contributed by atoms with Gasteiger partial charge in [-0.05, 0) is 24.1 Å². The van der Waals surface area contributed by atoms with Crippen molar-refractivity contribution in [3.05, 3.63) is 34.9 Å². The Balaban J connectivity index is 1.84. The average Bonchev–Trinajstić information content (AvgIpc) is 2.87. The molecule has 1 saturated heterocycles. The number of aliphatic hydroxyl groups is 1. The second kappa shape index (κ2) is 7.38. The van der Waals surface area contributed by atoms with Crippen LogP contribution in [0.5, 0.6) is 0 Å². The van der Waals surface area contributed by atoms with E-state index in [-0.39, 0.29) is 12.2 Å². The van der Waals surface area contributed by atoms with E-state index in [0.29, 0.717) is 11.4 Å². The summed E-state index contributed by atoms with van der Waals surface area (Å²) in [4.78, 5) is 2.26. The predicted molar refractivity (Wildman–Crippen MR) is 79.1 cm³/mol. The highest BCUT2D eigenvalue weighted by Crippen LogP contribution is 2.22. The van der Waals surface area contributed by atoms with E-state index < -0.39 is 6.10 Å². The largest absolute Gasteiger partial charge is 0.388 e. The number of rotatable bonds is 6. The van der Waals surface area contributed by atoms with Crippen LogP contribution in [0.15, 0.2) is 24.3 Å².